The smallest absolute Gasteiger partial charge is 0.273 e. The molecule has 0 bridgehead atoms. The first-order valence-corrected chi connectivity index (χ1v) is 13.1. The molecule has 5 N–H and O–H groups in total. The second kappa shape index (κ2) is 14.7. The van der Waals surface area contributed by atoms with Gasteiger partial charge in [-0.25, -0.2) is 4.98 Å². The van der Waals surface area contributed by atoms with E-state index in [2.05, 4.69) is 15.6 Å². The van der Waals surface area contributed by atoms with E-state index in [-0.39, 0.29) is 12.5 Å². The van der Waals surface area contributed by atoms with Crippen LogP contribution >= 0.6 is 11.3 Å². The second-order valence-electron chi connectivity index (χ2n) is 8.80. The van der Waals surface area contributed by atoms with Crippen LogP contribution in [0.2, 0.25) is 0 Å². The Morgan fingerprint density at radius 1 is 1.14 bits per heavy atom. The summed E-state index contributed by atoms with van der Waals surface area (Å²) in [6.07, 6.45) is 9.67. The first kappa shape index (κ1) is 26.9. The highest BCUT2D eigenvalue weighted by Gasteiger charge is 2.15. The third-order valence-electron chi connectivity index (χ3n) is 5.97. The third kappa shape index (κ3) is 9.83. The number of aromatic nitrogens is 1. The van der Waals surface area contributed by atoms with E-state index < -0.39 is 12.0 Å². The van der Waals surface area contributed by atoms with Gasteiger partial charge in [-0.2, -0.15) is 0 Å². The molecular weight excluding hydrogens is 468 g/mol. The number of thiazole rings is 1. The van der Waals surface area contributed by atoms with Gasteiger partial charge in [-0.05, 0) is 36.6 Å². The molecule has 2 aromatic rings. The van der Waals surface area contributed by atoms with Crippen LogP contribution in [0.3, 0.4) is 0 Å². The van der Waals surface area contributed by atoms with E-state index in [4.69, 9.17) is 15.2 Å². The van der Waals surface area contributed by atoms with Gasteiger partial charge in [-0.1, -0.05) is 49.9 Å². The van der Waals surface area contributed by atoms with Crippen molar-refractivity contribution in [1.82, 2.24) is 15.6 Å². The van der Waals surface area contributed by atoms with Gasteiger partial charge in [-0.3, -0.25) is 9.59 Å². The van der Waals surface area contributed by atoms with Gasteiger partial charge in [0.1, 0.15) is 29.9 Å². The lowest BCUT2D eigenvalue weighted by Gasteiger charge is -2.12. The van der Waals surface area contributed by atoms with Crippen molar-refractivity contribution < 1.29 is 24.2 Å². The summed E-state index contributed by atoms with van der Waals surface area (Å²) in [5, 5.41) is 16.5. The zero-order valence-electron chi connectivity index (χ0n) is 20.0. The average Bonchev–Trinajstić information content (AvgIpc) is 3.55. The highest BCUT2D eigenvalue weighted by atomic mass is 32.1. The van der Waals surface area contributed by atoms with E-state index in [0.29, 0.717) is 47.6 Å². The molecule has 35 heavy (non-hydrogen) atoms. The first-order chi connectivity index (χ1) is 17.0. The molecule has 1 atom stereocenters. The molecule has 1 aromatic heterocycles. The van der Waals surface area contributed by atoms with Gasteiger partial charge >= 0.3 is 0 Å². The van der Waals surface area contributed by atoms with Crippen LogP contribution in [0.15, 0.2) is 30.5 Å². The van der Waals surface area contributed by atoms with Gasteiger partial charge < -0.3 is 30.9 Å². The van der Waals surface area contributed by atoms with E-state index in [1.807, 2.05) is 0 Å². The van der Waals surface area contributed by atoms with E-state index in [9.17, 15) is 14.7 Å². The van der Waals surface area contributed by atoms with Crippen LogP contribution in [0.25, 0.3) is 0 Å². The van der Waals surface area contributed by atoms with E-state index in [1.54, 1.807) is 24.3 Å². The molecule has 1 fully saturated rings. The molecule has 1 saturated carbocycles. The molecular formula is C25H36N4O5S. The summed E-state index contributed by atoms with van der Waals surface area (Å²) in [6, 6.07) is 6.58. The van der Waals surface area contributed by atoms with Crippen molar-refractivity contribution in [2.24, 2.45) is 11.7 Å². The van der Waals surface area contributed by atoms with Crippen LogP contribution in [0.4, 0.5) is 0 Å². The number of hydrogen-bond donors (Lipinski definition) is 4. The number of nitrogens with zero attached hydrogens (tertiary/aromatic N) is 1. The van der Waals surface area contributed by atoms with Gasteiger partial charge in [-0.15, -0.1) is 0 Å². The zero-order valence-corrected chi connectivity index (χ0v) is 20.9. The Morgan fingerprint density at radius 3 is 2.66 bits per heavy atom. The number of benzene rings is 1. The van der Waals surface area contributed by atoms with Crippen LogP contribution in [-0.2, 0) is 0 Å². The topological polar surface area (TPSA) is 136 Å². The van der Waals surface area contributed by atoms with Crippen LogP contribution in [0.1, 0.15) is 65.0 Å². The largest absolute Gasteiger partial charge is 0.492 e. The first-order valence-electron chi connectivity index (χ1n) is 12.3. The maximum absolute atomic E-state index is 12.3. The van der Waals surface area contributed by atoms with E-state index >= 15 is 0 Å². The number of nitrogens with one attached hydrogen (secondary N) is 2. The van der Waals surface area contributed by atoms with Crippen molar-refractivity contribution >= 4 is 23.2 Å². The summed E-state index contributed by atoms with van der Waals surface area (Å²) in [7, 11) is 0. The highest BCUT2D eigenvalue weighted by molar-refractivity contribution is 7.15. The fourth-order valence-corrected chi connectivity index (χ4v) is 4.72. The molecule has 0 saturated heterocycles. The number of carbonyl (C=O) groups excluding carboxylic acids is 2. The standard InChI is InChI=1S/C25H36N4O5S/c26-23(31)19-8-10-21(11-9-19)33-14-13-27-15-20(30)17-34-25-29-16-22(35-25)24(32)28-12-4-3-7-18-5-1-2-6-18/h8-11,16,18,20,27,30H,1-7,12-15,17H2,(H2,26,31)(H,28,32). The normalized spacial score (nSPS) is 14.5. The maximum atomic E-state index is 12.3. The molecule has 192 valence electrons. The fraction of sp³-hybridized carbons (Fsp3) is 0.560. The number of rotatable bonds is 16. The minimum Gasteiger partial charge on any atom is -0.492 e. The summed E-state index contributed by atoms with van der Waals surface area (Å²) in [5.41, 5.74) is 5.63. The van der Waals surface area contributed by atoms with Crippen LogP contribution in [0, 0.1) is 5.92 Å². The number of primary amides is 1. The van der Waals surface area contributed by atoms with E-state index in [1.165, 1.54) is 49.6 Å². The number of amides is 2. The predicted molar refractivity (Wildman–Crippen MR) is 135 cm³/mol. The number of ether oxygens (including phenoxy) is 2. The third-order valence-corrected chi connectivity index (χ3v) is 6.88. The Bertz CT molecular complexity index is 915. The Morgan fingerprint density at radius 2 is 1.91 bits per heavy atom. The lowest BCUT2D eigenvalue weighted by molar-refractivity contribution is 0.0955. The predicted octanol–water partition coefficient (Wildman–Crippen LogP) is 2.74. The lowest BCUT2D eigenvalue weighted by Crippen LogP contribution is -2.33. The van der Waals surface area contributed by atoms with Crippen molar-refractivity contribution in [1.29, 1.82) is 0 Å². The summed E-state index contributed by atoms with van der Waals surface area (Å²) < 4.78 is 11.1. The van der Waals surface area contributed by atoms with Crippen LogP contribution in [0.5, 0.6) is 10.9 Å². The average molecular weight is 505 g/mol. The minimum atomic E-state index is -0.731. The van der Waals surface area contributed by atoms with Crippen molar-refractivity contribution in [3.63, 3.8) is 0 Å². The Kier molecular flexibility index (Phi) is 11.3. The summed E-state index contributed by atoms with van der Waals surface area (Å²) >= 11 is 1.17. The molecule has 2 amide bonds. The number of aliphatic hydroxyl groups is 1. The molecule has 1 aromatic carbocycles. The SMILES string of the molecule is NC(=O)c1ccc(OCCNCC(O)COc2ncc(C(=O)NCCCCC3CCCC3)s2)cc1. The van der Waals surface area contributed by atoms with Gasteiger partial charge in [0.15, 0.2) is 0 Å². The molecule has 1 aliphatic carbocycles. The quantitative estimate of drug-likeness (QED) is 0.258. The van der Waals surface area contributed by atoms with Crippen molar-refractivity contribution in [3.05, 3.63) is 40.9 Å². The zero-order chi connectivity index (χ0) is 24.9. The van der Waals surface area contributed by atoms with Crippen LogP contribution in [-0.4, -0.2) is 60.9 Å². The van der Waals surface area contributed by atoms with Gasteiger partial charge in [0.05, 0.1) is 6.20 Å². The molecule has 1 unspecified atom stereocenters. The Hall–Kier alpha value is -2.69. The van der Waals surface area contributed by atoms with Crippen molar-refractivity contribution in [2.45, 2.75) is 51.0 Å². The number of unbranched alkanes of at least 4 members (excludes halogenated alkanes) is 1. The van der Waals surface area contributed by atoms with Gasteiger partial charge in [0.2, 0.25) is 5.91 Å². The summed E-state index contributed by atoms with van der Waals surface area (Å²) in [5.74, 6) is 0.907. The molecule has 10 heteroatoms. The molecule has 9 nitrogen and oxygen atoms in total. The molecule has 3 rings (SSSR count). The molecule has 0 radical (unpaired) electrons. The molecule has 0 spiro atoms. The summed E-state index contributed by atoms with van der Waals surface area (Å²) in [4.78, 5) is 28.0. The molecule has 1 heterocycles. The number of aliphatic hydroxyl groups excluding tert-OH is 1. The lowest BCUT2D eigenvalue weighted by atomic mass is 10.0. The highest BCUT2D eigenvalue weighted by Crippen LogP contribution is 2.28. The second-order valence-corrected chi connectivity index (χ2v) is 9.79. The number of nitrogens with two attached hydrogens (primary N) is 1. The van der Waals surface area contributed by atoms with Crippen molar-refractivity contribution in [2.75, 3.05) is 32.8 Å². The molecule has 0 aliphatic heterocycles. The Balaban J connectivity index is 1.22. The Labute approximate surface area is 210 Å². The minimum absolute atomic E-state index is 0.0676. The monoisotopic (exact) mass is 504 g/mol. The summed E-state index contributed by atoms with van der Waals surface area (Å²) in [6.45, 7) is 1.99. The molecule has 1 aliphatic rings. The van der Waals surface area contributed by atoms with Crippen molar-refractivity contribution in [3.8, 4) is 10.9 Å². The fourth-order valence-electron chi connectivity index (χ4n) is 4.03. The maximum Gasteiger partial charge on any atom is 0.273 e. The van der Waals surface area contributed by atoms with E-state index in [0.717, 1.165) is 18.8 Å². The van der Waals surface area contributed by atoms with Gasteiger partial charge in [0.25, 0.3) is 11.1 Å². The number of hydrogen-bond acceptors (Lipinski definition) is 8. The number of carbonyl (C=O) groups is 2. The van der Waals surface area contributed by atoms with Crippen LogP contribution < -0.4 is 25.8 Å². The van der Waals surface area contributed by atoms with Gasteiger partial charge in [0, 0.05) is 25.2 Å².